The van der Waals surface area contributed by atoms with Crippen LogP contribution in [0.15, 0.2) is 53.3 Å². The molecule has 1 aromatic heterocycles. The Morgan fingerprint density at radius 2 is 1.90 bits per heavy atom. The number of ether oxygens (including phenoxy) is 2. The van der Waals surface area contributed by atoms with Gasteiger partial charge >= 0.3 is 5.69 Å². The van der Waals surface area contributed by atoms with E-state index in [2.05, 4.69) is 10.4 Å². The number of aromatic nitrogens is 4. The highest BCUT2D eigenvalue weighted by molar-refractivity contribution is 5.77. The fourth-order valence-corrected chi connectivity index (χ4v) is 3.81. The molecular formula is C21H23N5O4. The normalized spacial score (nSPS) is 15.9. The largest absolute Gasteiger partial charge is 0.497 e. The van der Waals surface area contributed by atoms with Crippen molar-refractivity contribution in [3.05, 3.63) is 64.6 Å². The summed E-state index contributed by atoms with van der Waals surface area (Å²) >= 11 is 0. The molecule has 9 nitrogen and oxygen atoms in total. The first kappa shape index (κ1) is 19.7. The number of carbonyl (C=O) groups is 1. The van der Waals surface area contributed by atoms with Gasteiger partial charge < -0.3 is 14.4 Å². The molecule has 4 rings (SSSR count). The van der Waals surface area contributed by atoms with Crippen molar-refractivity contribution >= 4 is 5.91 Å². The van der Waals surface area contributed by atoms with Crippen molar-refractivity contribution in [3.63, 3.8) is 0 Å². The smallest absolute Gasteiger partial charge is 0.368 e. The first-order valence-electron chi connectivity index (χ1n) is 9.72. The lowest BCUT2D eigenvalue weighted by molar-refractivity contribution is -0.133. The number of hydrogen-bond acceptors (Lipinski definition) is 6. The van der Waals surface area contributed by atoms with E-state index >= 15 is 0 Å². The van der Waals surface area contributed by atoms with Gasteiger partial charge in [0.2, 0.25) is 5.91 Å². The van der Waals surface area contributed by atoms with Gasteiger partial charge in [-0.1, -0.05) is 18.2 Å². The van der Waals surface area contributed by atoms with Crippen LogP contribution in [0.3, 0.4) is 0 Å². The molecule has 2 aromatic carbocycles. The number of methoxy groups -OCH3 is 2. The van der Waals surface area contributed by atoms with E-state index in [-0.39, 0.29) is 18.5 Å². The quantitative estimate of drug-likeness (QED) is 0.617. The van der Waals surface area contributed by atoms with E-state index in [1.807, 2.05) is 36.4 Å². The van der Waals surface area contributed by atoms with Gasteiger partial charge in [0.25, 0.3) is 0 Å². The molecular weight excluding hydrogens is 386 g/mol. The van der Waals surface area contributed by atoms with Crippen molar-refractivity contribution in [1.82, 2.24) is 24.7 Å². The summed E-state index contributed by atoms with van der Waals surface area (Å²) in [7, 11) is 3.21. The van der Waals surface area contributed by atoms with Crippen LogP contribution in [0.1, 0.15) is 24.4 Å². The Hall–Kier alpha value is -3.62. The summed E-state index contributed by atoms with van der Waals surface area (Å²) in [5.74, 6) is 1.21. The number of nitrogens with zero attached hydrogens (tertiary/aromatic N) is 5. The first-order chi connectivity index (χ1) is 14.6. The first-order valence-corrected chi connectivity index (χ1v) is 9.72. The highest BCUT2D eigenvalue weighted by atomic mass is 16.5. The zero-order valence-corrected chi connectivity index (χ0v) is 16.9. The van der Waals surface area contributed by atoms with Crippen molar-refractivity contribution in [2.75, 3.05) is 20.8 Å². The molecule has 0 bridgehead atoms. The Kier molecular flexibility index (Phi) is 5.51. The lowest BCUT2D eigenvalue weighted by Gasteiger charge is -2.26. The van der Waals surface area contributed by atoms with Gasteiger partial charge in [0, 0.05) is 12.1 Å². The van der Waals surface area contributed by atoms with E-state index in [1.165, 1.54) is 4.68 Å². The zero-order valence-electron chi connectivity index (χ0n) is 16.9. The monoisotopic (exact) mass is 409 g/mol. The minimum Gasteiger partial charge on any atom is -0.497 e. The van der Waals surface area contributed by atoms with E-state index in [0.717, 1.165) is 23.1 Å². The van der Waals surface area contributed by atoms with E-state index in [0.29, 0.717) is 23.7 Å². The van der Waals surface area contributed by atoms with Gasteiger partial charge in [0.05, 0.1) is 25.9 Å². The SMILES string of the molecule is COc1ccc(OC)c(C2CCCN2C(=O)Cn2nnn(-c3ccccc3)c2=O)c1. The maximum Gasteiger partial charge on any atom is 0.368 e. The maximum atomic E-state index is 13.1. The molecule has 1 fully saturated rings. The van der Waals surface area contributed by atoms with E-state index in [9.17, 15) is 9.59 Å². The van der Waals surface area contributed by atoms with Crippen LogP contribution in [0.5, 0.6) is 11.5 Å². The molecule has 1 aliphatic rings. The van der Waals surface area contributed by atoms with Crippen molar-refractivity contribution in [2.45, 2.75) is 25.4 Å². The van der Waals surface area contributed by atoms with Gasteiger partial charge in [-0.25, -0.2) is 4.79 Å². The van der Waals surface area contributed by atoms with Gasteiger partial charge in [0.1, 0.15) is 18.0 Å². The van der Waals surface area contributed by atoms with Gasteiger partial charge in [-0.15, -0.1) is 0 Å². The van der Waals surface area contributed by atoms with Gasteiger partial charge in [-0.2, -0.15) is 9.36 Å². The Morgan fingerprint density at radius 3 is 2.63 bits per heavy atom. The average molecular weight is 409 g/mol. The van der Waals surface area contributed by atoms with Crippen LogP contribution in [0.25, 0.3) is 5.69 Å². The number of rotatable bonds is 6. The molecule has 0 radical (unpaired) electrons. The molecule has 30 heavy (non-hydrogen) atoms. The lowest BCUT2D eigenvalue weighted by Crippen LogP contribution is -2.37. The van der Waals surface area contributed by atoms with Gasteiger partial charge in [-0.05, 0) is 53.6 Å². The third-order valence-electron chi connectivity index (χ3n) is 5.29. The highest BCUT2D eigenvalue weighted by Crippen LogP contribution is 2.38. The van der Waals surface area contributed by atoms with E-state index < -0.39 is 5.69 Å². The molecule has 0 N–H and O–H groups in total. The Labute approximate surface area is 173 Å². The van der Waals surface area contributed by atoms with Gasteiger partial charge in [0.15, 0.2) is 0 Å². The van der Waals surface area contributed by atoms with Crippen LogP contribution in [0.4, 0.5) is 0 Å². The topological polar surface area (TPSA) is 91.5 Å². The molecule has 0 aliphatic carbocycles. The molecule has 1 unspecified atom stereocenters. The van der Waals surface area contributed by atoms with Crippen LogP contribution in [0, 0.1) is 0 Å². The molecule has 2 heterocycles. The molecule has 3 aromatic rings. The highest BCUT2D eigenvalue weighted by Gasteiger charge is 2.32. The molecule has 1 saturated heterocycles. The average Bonchev–Trinajstić information content (AvgIpc) is 3.41. The van der Waals surface area contributed by atoms with Crippen molar-refractivity contribution in [1.29, 1.82) is 0 Å². The standard InChI is InChI=1S/C21H23N5O4/c1-29-16-10-11-19(30-2)17(13-16)18-9-6-12-24(18)20(27)14-25-21(28)26(23-22-25)15-7-4-3-5-8-15/h3-5,7-8,10-11,13,18H,6,9,12,14H2,1-2H3. The maximum absolute atomic E-state index is 13.1. The summed E-state index contributed by atoms with van der Waals surface area (Å²) in [5, 5.41) is 7.79. The minimum absolute atomic E-state index is 0.151. The number of likely N-dealkylation sites (tertiary alicyclic amines) is 1. The Balaban J connectivity index is 1.57. The lowest BCUT2D eigenvalue weighted by atomic mass is 10.0. The number of tetrazole rings is 1. The second-order valence-corrected chi connectivity index (χ2v) is 7.02. The second-order valence-electron chi connectivity index (χ2n) is 7.02. The molecule has 1 amide bonds. The molecule has 156 valence electrons. The number of benzene rings is 2. The summed E-state index contributed by atoms with van der Waals surface area (Å²) in [6.45, 7) is 0.430. The zero-order chi connectivity index (χ0) is 21.1. The molecule has 9 heteroatoms. The third-order valence-corrected chi connectivity index (χ3v) is 5.29. The second kappa shape index (κ2) is 8.40. The Bertz CT molecular complexity index is 1090. The number of hydrogen-bond donors (Lipinski definition) is 0. The molecule has 1 atom stereocenters. The van der Waals surface area contributed by atoms with Gasteiger partial charge in [-0.3, -0.25) is 4.79 Å². The molecule has 0 saturated carbocycles. The number of carbonyl (C=O) groups excluding carboxylic acids is 1. The molecule has 1 aliphatic heterocycles. The predicted molar refractivity (Wildman–Crippen MR) is 109 cm³/mol. The summed E-state index contributed by atoms with van der Waals surface area (Å²) in [6.07, 6.45) is 1.67. The number of para-hydroxylation sites is 1. The number of amides is 1. The van der Waals surface area contributed by atoms with Crippen molar-refractivity contribution in [3.8, 4) is 17.2 Å². The van der Waals surface area contributed by atoms with Crippen LogP contribution >= 0.6 is 0 Å². The van der Waals surface area contributed by atoms with Crippen LogP contribution in [-0.4, -0.2) is 51.4 Å². The third kappa shape index (κ3) is 3.66. The summed E-state index contributed by atoms with van der Waals surface area (Å²) in [5.41, 5.74) is 1.04. The van der Waals surface area contributed by atoms with Crippen molar-refractivity contribution < 1.29 is 14.3 Å². The van der Waals surface area contributed by atoms with Crippen LogP contribution in [-0.2, 0) is 11.3 Å². The minimum atomic E-state index is -0.454. The van der Waals surface area contributed by atoms with Crippen molar-refractivity contribution in [2.24, 2.45) is 0 Å². The summed E-state index contributed by atoms with van der Waals surface area (Å²) in [4.78, 5) is 27.5. The molecule has 0 spiro atoms. The van der Waals surface area contributed by atoms with Crippen LogP contribution < -0.4 is 15.2 Å². The summed E-state index contributed by atoms with van der Waals surface area (Å²) < 4.78 is 13.1. The Morgan fingerprint density at radius 1 is 1.10 bits per heavy atom. The van der Waals surface area contributed by atoms with Crippen LogP contribution in [0.2, 0.25) is 0 Å². The van der Waals surface area contributed by atoms with E-state index in [4.69, 9.17) is 9.47 Å². The summed E-state index contributed by atoms with van der Waals surface area (Å²) in [6, 6.07) is 14.4. The fourth-order valence-electron chi connectivity index (χ4n) is 3.81. The fraction of sp³-hybridized carbons (Fsp3) is 0.333. The van der Waals surface area contributed by atoms with E-state index in [1.54, 1.807) is 31.3 Å². The predicted octanol–water partition coefficient (Wildman–Crippen LogP) is 1.81.